The van der Waals surface area contributed by atoms with E-state index >= 15 is 0 Å². The Bertz CT molecular complexity index is 339. The van der Waals surface area contributed by atoms with Crippen LogP contribution in [0, 0.1) is 5.92 Å². The molecule has 16 heavy (non-hydrogen) atoms. The zero-order chi connectivity index (χ0) is 12.2. The largest absolute Gasteiger partial charge is 0.462 e. The van der Waals surface area contributed by atoms with E-state index in [1.165, 1.54) is 0 Å². The van der Waals surface area contributed by atoms with Crippen LogP contribution in [-0.2, 0) is 9.53 Å². The third kappa shape index (κ3) is 3.07. The van der Waals surface area contributed by atoms with Crippen LogP contribution in [0.25, 0.3) is 0 Å². The molecule has 0 saturated heterocycles. The molecule has 1 atom stereocenters. The van der Waals surface area contributed by atoms with Gasteiger partial charge < -0.3 is 9.84 Å². The Labute approximate surface area is 96.1 Å². The lowest BCUT2D eigenvalue weighted by Gasteiger charge is -2.26. The standard InChI is InChI=1S/C13H18O3/c1-10(2)9-16-12(14)11(3)13(15)7-5-4-6-8-13/h4-7,10,15H,3,8-9H2,1-2H3. The zero-order valence-corrected chi connectivity index (χ0v) is 9.77. The second kappa shape index (κ2) is 5.12. The van der Waals surface area contributed by atoms with Crippen molar-refractivity contribution in [2.75, 3.05) is 6.61 Å². The summed E-state index contributed by atoms with van der Waals surface area (Å²) in [5.41, 5.74) is -1.20. The Morgan fingerprint density at radius 2 is 2.25 bits per heavy atom. The van der Waals surface area contributed by atoms with Gasteiger partial charge in [-0.25, -0.2) is 4.79 Å². The quantitative estimate of drug-likeness (QED) is 0.584. The Hall–Kier alpha value is -1.35. The van der Waals surface area contributed by atoms with Gasteiger partial charge in [0.25, 0.3) is 0 Å². The predicted molar refractivity (Wildman–Crippen MR) is 62.8 cm³/mol. The number of esters is 1. The number of aliphatic hydroxyl groups is 1. The molecular weight excluding hydrogens is 204 g/mol. The van der Waals surface area contributed by atoms with Gasteiger partial charge in [0, 0.05) is 6.42 Å². The number of hydrogen-bond acceptors (Lipinski definition) is 3. The maximum Gasteiger partial charge on any atom is 0.336 e. The summed E-state index contributed by atoms with van der Waals surface area (Å²) < 4.78 is 5.03. The highest BCUT2D eigenvalue weighted by atomic mass is 16.5. The van der Waals surface area contributed by atoms with E-state index < -0.39 is 11.6 Å². The minimum absolute atomic E-state index is 0.0914. The molecule has 0 bridgehead atoms. The fraction of sp³-hybridized carbons (Fsp3) is 0.462. The Balaban J connectivity index is 2.60. The van der Waals surface area contributed by atoms with E-state index in [1.807, 2.05) is 19.9 Å². The van der Waals surface area contributed by atoms with E-state index in [2.05, 4.69) is 6.58 Å². The van der Waals surface area contributed by atoms with Crippen molar-refractivity contribution in [2.24, 2.45) is 5.92 Å². The van der Waals surface area contributed by atoms with Gasteiger partial charge in [-0.15, -0.1) is 0 Å². The molecule has 88 valence electrons. The minimum Gasteiger partial charge on any atom is -0.462 e. The van der Waals surface area contributed by atoms with Gasteiger partial charge in [-0.05, 0) is 12.0 Å². The number of rotatable bonds is 4. The van der Waals surface area contributed by atoms with Crippen molar-refractivity contribution in [1.82, 2.24) is 0 Å². The second-order valence-electron chi connectivity index (χ2n) is 4.39. The summed E-state index contributed by atoms with van der Waals surface area (Å²) in [5.74, 6) is -0.260. The van der Waals surface area contributed by atoms with Gasteiger partial charge in [-0.3, -0.25) is 0 Å². The van der Waals surface area contributed by atoms with Crippen LogP contribution in [0.2, 0.25) is 0 Å². The van der Waals surface area contributed by atoms with Gasteiger partial charge in [0.1, 0.15) is 5.60 Å². The van der Waals surface area contributed by atoms with E-state index in [9.17, 15) is 9.90 Å². The van der Waals surface area contributed by atoms with Crippen LogP contribution in [0.3, 0.4) is 0 Å². The van der Waals surface area contributed by atoms with E-state index in [0.29, 0.717) is 13.0 Å². The lowest BCUT2D eigenvalue weighted by molar-refractivity contribution is -0.142. The number of carbonyl (C=O) groups excluding carboxylic acids is 1. The van der Waals surface area contributed by atoms with Crippen LogP contribution in [0.1, 0.15) is 20.3 Å². The van der Waals surface area contributed by atoms with Crippen molar-refractivity contribution in [3.05, 3.63) is 36.5 Å². The van der Waals surface area contributed by atoms with E-state index in [4.69, 9.17) is 4.74 Å². The zero-order valence-electron chi connectivity index (χ0n) is 9.77. The first-order valence-electron chi connectivity index (χ1n) is 5.39. The predicted octanol–water partition coefficient (Wildman–Crippen LogP) is 1.99. The summed E-state index contributed by atoms with van der Waals surface area (Å²) in [4.78, 5) is 11.6. The maximum atomic E-state index is 11.6. The van der Waals surface area contributed by atoms with Crippen molar-refractivity contribution < 1.29 is 14.6 Å². The van der Waals surface area contributed by atoms with Gasteiger partial charge in [-0.2, -0.15) is 0 Å². The van der Waals surface area contributed by atoms with Crippen molar-refractivity contribution in [3.8, 4) is 0 Å². The maximum absolute atomic E-state index is 11.6. The molecule has 3 heteroatoms. The first-order chi connectivity index (χ1) is 7.46. The lowest BCUT2D eigenvalue weighted by Crippen LogP contribution is -2.33. The topological polar surface area (TPSA) is 46.5 Å². The van der Waals surface area contributed by atoms with Gasteiger partial charge in [0.15, 0.2) is 0 Å². The summed E-state index contributed by atoms with van der Waals surface area (Å²) in [6.45, 7) is 7.86. The number of carbonyl (C=O) groups is 1. The minimum atomic E-state index is -1.29. The van der Waals surface area contributed by atoms with Gasteiger partial charge in [-0.1, -0.05) is 38.7 Å². The monoisotopic (exact) mass is 222 g/mol. The van der Waals surface area contributed by atoms with E-state index in [0.717, 1.165) is 0 Å². The third-order valence-electron chi connectivity index (χ3n) is 2.36. The summed E-state index contributed by atoms with van der Waals surface area (Å²) in [5, 5.41) is 10.1. The highest BCUT2D eigenvalue weighted by Crippen LogP contribution is 2.26. The Morgan fingerprint density at radius 3 is 2.75 bits per heavy atom. The first-order valence-corrected chi connectivity index (χ1v) is 5.39. The first kappa shape index (κ1) is 12.7. The molecule has 0 aliphatic heterocycles. The second-order valence-corrected chi connectivity index (χ2v) is 4.39. The molecule has 0 amide bonds. The fourth-order valence-electron chi connectivity index (χ4n) is 1.34. The van der Waals surface area contributed by atoms with Crippen molar-refractivity contribution in [2.45, 2.75) is 25.9 Å². The van der Waals surface area contributed by atoms with Crippen molar-refractivity contribution in [1.29, 1.82) is 0 Å². The van der Waals surface area contributed by atoms with Crippen molar-refractivity contribution in [3.63, 3.8) is 0 Å². The van der Waals surface area contributed by atoms with Gasteiger partial charge >= 0.3 is 5.97 Å². The number of hydrogen-bond donors (Lipinski definition) is 1. The molecule has 3 nitrogen and oxygen atoms in total. The molecule has 0 aromatic carbocycles. The average Bonchev–Trinajstić information content (AvgIpc) is 2.25. The summed E-state index contributed by atoms with van der Waals surface area (Å²) in [6.07, 6.45) is 7.23. The molecule has 0 aromatic heterocycles. The smallest absolute Gasteiger partial charge is 0.336 e. The number of ether oxygens (including phenoxy) is 1. The molecule has 1 aliphatic carbocycles. The van der Waals surface area contributed by atoms with Crippen LogP contribution in [0.15, 0.2) is 36.5 Å². The SMILES string of the molecule is C=C(C(=O)OCC(C)C)C1(O)C=CC=CC1. The highest BCUT2D eigenvalue weighted by molar-refractivity contribution is 5.90. The van der Waals surface area contributed by atoms with Crippen LogP contribution in [0.4, 0.5) is 0 Å². The summed E-state index contributed by atoms with van der Waals surface area (Å²) >= 11 is 0. The normalized spacial score (nSPS) is 23.5. The highest BCUT2D eigenvalue weighted by Gasteiger charge is 2.32. The lowest BCUT2D eigenvalue weighted by atomic mass is 9.88. The molecule has 1 aliphatic rings. The molecule has 0 aromatic rings. The fourth-order valence-corrected chi connectivity index (χ4v) is 1.34. The van der Waals surface area contributed by atoms with Crippen LogP contribution < -0.4 is 0 Å². The molecule has 0 saturated carbocycles. The van der Waals surface area contributed by atoms with Crippen LogP contribution in [0.5, 0.6) is 0 Å². The van der Waals surface area contributed by atoms with Crippen LogP contribution >= 0.6 is 0 Å². The average molecular weight is 222 g/mol. The Kier molecular flexibility index (Phi) is 4.07. The van der Waals surface area contributed by atoms with Gasteiger partial charge in [0.2, 0.25) is 0 Å². The van der Waals surface area contributed by atoms with Gasteiger partial charge in [0.05, 0.1) is 12.2 Å². The summed E-state index contributed by atoms with van der Waals surface area (Å²) in [7, 11) is 0. The molecule has 0 fully saturated rings. The van der Waals surface area contributed by atoms with Crippen molar-refractivity contribution >= 4 is 5.97 Å². The van der Waals surface area contributed by atoms with Crippen LogP contribution in [-0.4, -0.2) is 23.3 Å². The molecule has 0 spiro atoms. The molecular formula is C13H18O3. The Morgan fingerprint density at radius 1 is 1.56 bits per heavy atom. The number of allylic oxidation sites excluding steroid dienone is 2. The molecule has 1 rings (SSSR count). The molecule has 0 heterocycles. The molecule has 1 unspecified atom stereocenters. The van der Waals surface area contributed by atoms with E-state index in [1.54, 1.807) is 18.2 Å². The molecule has 0 radical (unpaired) electrons. The molecule has 1 N–H and O–H groups in total. The summed E-state index contributed by atoms with van der Waals surface area (Å²) in [6, 6.07) is 0. The van der Waals surface area contributed by atoms with E-state index in [-0.39, 0.29) is 11.5 Å². The third-order valence-corrected chi connectivity index (χ3v) is 2.36.